The van der Waals surface area contributed by atoms with Gasteiger partial charge < -0.3 is 20.1 Å². The first-order valence-corrected chi connectivity index (χ1v) is 14.0. The molecule has 2 rings (SSSR count). The molecule has 0 amide bonds. The summed E-state index contributed by atoms with van der Waals surface area (Å²) in [6, 6.07) is 0. The first-order chi connectivity index (χ1) is 16.0. The fraction of sp³-hybridized carbons (Fsp3) is 0.931. The van der Waals surface area contributed by atoms with Crippen LogP contribution in [0.15, 0.2) is 0 Å². The third-order valence-corrected chi connectivity index (χ3v) is 7.81. The second-order valence-corrected chi connectivity index (χ2v) is 13.8. The summed E-state index contributed by atoms with van der Waals surface area (Å²) in [7, 11) is 0. The van der Waals surface area contributed by atoms with E-state index in [4.69, 9.17) is 9.47 Å². The lowest BCUT2D eigenvalue weighted by Crippen LogP contribution is -2.64. The number of unbranched alkanes of at least 4 members (excludes halogenated alkanes) is 5. The molecule has 0 aromatic rings. The van der Waals surface area contributed by atoms with Gasteiger partial charge in [0.15, 0.2) is 0 Å². The summed E-state index contributed by atoms with van der Waals surface area (Å²) < 4.78 is 11.7. The zero-order valence-corrected chi connectivity index (χ0v) is 24.1. The molecule has 0 aromatic heterocycles. The van der Waals surface area contributed by atoms with Crippen LogP contribution in [0.2, 0.25) is 0 Å². The molecule has 0 spiro atoms. The average Bonchev–Trinajstić information content (AvgIpc) is 2.64. The molecule has 2 heterocycles. The van der Waals surface area contributed by atoms with E-state index >= 15 is 0 Å². The van der Waals surface area contributed by atoms with Crippen molar-refractivity contribution in [2.45, 2.75) is 167 Å². The maximum Gasteiger partial charge on any atom is 0.306 e. The quantitative estimate of drug-likeness (QED) is 0.269. The van der Waals surface area contributed by atoms with Gasteiger partial charge in [0, 0.05) is 60.2 Å². The molecule has 0 aliphatic carbocycles. The van der Waals surface area contributed by atoms with Crippen LogP contribution in [0.1, 0.15) is 133 Å². The largest absolute Gasteiger partial charge is 0.462 e. The topological polar surface area (TPSA) is 76.7 Å². The third kappa shape index (κ3) is 10.4. The second-order valence-electron chi connectivity index (χ2n) is 13.8. The minimum absolute atomic E-state index is 0.00138. The highest BCUT2D eigenvalue weighted by atomic mass is 16.5. The van der Waals surface area contributed by atoms with Crippen LogP contribution in [0.4, 0.5) is 0 Å². The summed E-state index contributed by atoms with van der Waals surface area (Å²) in [5, 5.41) is 7.30. The Bertz CT molecular complexity index is 697. The maximum atomic E-state index is 12.4. The second kappa shape index (κ2) is 11.9. The van der Waals surface area contributed by atoms with Gasteiger partial charge in [-0.05, 0) is 68.2 Å². The minimum Gasteiger partial charge on any atom is -0.462 e. The molecule has 0 bridgehead atoms. The molecular weight excluding hydrogens is 440 g/mol. The molecular formula is C29H54N2O4. The molecule has 2 N–H and O–H groups in total. The minimum atomic E-state index is -0.0673. The van der Waals surface area contributed by atoms with E-state index in [9.17, 15) is 9.59 Å². The van der Waals surface area contributed by atoms with Crippen molar-refractivity contribution in [1.82, 2.24) is 10.6 Å². The fourth-order valence-electron chi connectivity index (χ4n) is 6.36. The Kier molecular flexibility index (Phi) is 10.3. The van der Waals surface area contributed by atoms with E-state index in [0.717, 1.165) is 57.8 Å². The van der Waals surface area contributed by atoms with Gasteiger partial charge in [-0.15, -0.1) is 0 Å². The highest BCUT2D eigenvalue weighted by Gasteiger charge is 2.45. The van der Waals surface area contributed by atoms with Crippen molar-refractivity contribution in [3.8, 4) is 0 Å². The van der Waals surface area contributed by atoms with Crippen LogP contribution in [0.5, 0.6) is 0 Å². The Hall–Kier alpha value is -1.14. The van der Waals surface area contributed by atoms with Gasteiger partial charge in [0.05, 0.1) is 0 Å². The van der Waals surface area contributed by atoms with Crippen LogP contribution in [-0.4, -0.2) is 46.3 Å². The van der Waals surface area contributed by atoms with E-state index in [2.05, 4.69) is 72.9 Å². The number of rotatable bonds is 11. The smallest absolute Gasteiger partial charge is 0.306 e. The highest BCUT2D eigenvalue weighted by molar-refractivity contribution is 5.70. The van der Waals surface area contributed by atoms with E-state index in [0.29, 0.717) is 12.8 Å². The molecule has 2 saturated heterocycles. The predicted molar refractivity (Wildman–Crippen MR) is 142 cm³/mol. The van der Waals surface area contributed by atoms with Crippen LogP contribution < -0.4 is 10.6 Å². The third-order valence-electron chi connectivity index (χ3n) is 7.81. The first kappa shape index (κ1) is 30.1. The summed E-state index contributed by atoms with van der Waals surface area (Å²) in [4.78, 5) is 24.7. The monoisotopic (exact) mass is 494 g/mol. The van der Waals surface area contributed by atoms with Crippen molar-refractivity contribution in [3.63, 3.8) is 0 Å². The Morgan fingerprint density at radius 1 is 0.657 bits per heavy atom. The number of carbonyl (C=O) groups is 2. The maximum absolute atomic E-state index is 12.4. The summed E-state index contributed by atoms with van der Waals surface area (Å²) in [5.74, 6) is 0.144. The molecule has 35 heavy (non-hydrogen) atoms. The van der Waals surface area contributed by atoms with Crippen molar-refractivity contribution in [2.75, 3.05) is 0 Å². The van der Waals surface area contributed by atoms with Crippen LogP contribution in [0, 0.1) is 5.92 Å². The van der Waals surface area contributed by atoms with E-state index in [1.807, 2.05) is 0 Å². The standard InChI is InChI=1S/C29H54N2O4/c1-21-23(20-28(6,7)31-29(21,8)9)35-25(33)17-15-13-11-10-12-14-16-24(32)34-22-18-26(2,3)30-27(4,5)19-22/h21-23,30-31H,10-20H2,1-9H3. The van der Waals surface area contributed by atoms with E-state index in [1.54, 1.807) is 0 Å². The van der Waals surface area contributed by atoms with Crippen molar-refractivity contribution in [2.24, 2.45) is 5.92 Å². The molecule has 0 radical (unpaired) electrons. The molecule has 2 aliphatic heterocycles. The van der Waals surface area contributed by atoms with Crippen LogP contribution in [-0.2, 0) is 19.1 Å². The normalized spacial score (nSPS) is 27.2. The van der Waals surface area contributed by atoms with Crippen molar-refractivity contribution < 1.29 is 19.1 Å². The van der Waals surface area contributed by atoms with Crippen LogP contribution >= 0.6 is 0 Å². The highest BCUT2D eigenvalue weighted by Crippen LogP contribution is 2.35. The molecule has 2 unspecified atom stereocenters. The molecule has 0 saturated carbocycles. The molecule has 6 nitrogen and oxygen atoms in total. The predicted octanol–water partition coefficient (Wildman–Crippen LogP) is 6.06. The van der Waals surface area contributed by atoms with E-state index in [-0.39, 0.29) is 52.2 Å². The lowest BCUT2D eigenvalue weighted by atomic mass is 9.73. The van der Waals surface area contributed by atoms with Crippen molar-refractivity contribution in [1.29, 1.82) is 0 Å². The van der Waals surface area contributed by atoms with Gasteiger partial charge in [-0.1, -0.05) is 32.6 Å². The Balaban J connectivity index is 1.54. The van der Waals surface area contributed by atoms with Gasteiger partial charge >= 0.3 is 11.9 Å². The Labute approximate surface area is 215 Å². The molecule has 0 aromatic carbocycles. The van der Waals surface area contributed by atoms with Crippen LogP contribution in [0.25, 0.3) is 0 Å². The van der Waals surface area contributed by atoms with E-state index < -0.39 is 0 Å². The SMILES string of the molecule is CC1C(OC(=O)CCCCCCCCC(=O)OC2CC(C)(C)NC(C)(C)C2)CC(C)(C)NC1(C)C. The molecule has 6 heteroatoms. The zero-order valence-electron chi connectivity index (χ0n) is 24.1. The number of nitrogens with one attached hydrogen (secondary N) is 2. The molecule has 2 atom stereocenters. The van der Waals surface area contributed by atoms with Crippen LogP contribution in [0.3, 0.4) is 0 Å². The number of carbonyl (C=O) groups excluding carboxylic acids is 2. The average molecular weight is 495 g/mol. The number of ether oxygens (including phenoxy) is 2. The lowest BCUT2D eigenvalue weighted by Gasteiger charge is -2.50. The van der Waals surface area contributed by atoms with Gasteiger partial charge in [-0.25, -0.2) is 0 Å². The first-order valence-electron chi connectivity index (χ1n) is 14.0. The van der Waals surface area contributed by atoms with Gasteiger partial charge in [0.25, 0.3) is 0 Å². The summed E-state index contributed by atoms with van der Waals surface area (Å²) in [5.41, 5.74) is -0.121. The number of piperidine rings is 2. The zero-order chi connectivity index (χ0) is 26.5. The summed E-state index contributed by atoms with van der Waals surface area (Å²) in [6.45, 7) is 19.6. The molecule has 2 fully saturated rings. The van der Waals surface area contributed by atoms with E-state index in [1.165, 1.54) is 0 Å². The van der Waals surface area contributed by atoms with Gasteiger partial charge in [-0.2, -0.15) is 0 Å². The van der Waals surface area contributed by atoms with Crippen molar-refractivity contribution in [3.05, 3.63) is 0 Å². The number of hydrogen-bond acceptors (Lipinski definition) is 6. The Morgan fingerprint density at radius 3 is 1.60 bits per heavy atom. The summed E-state index contributed by atoms with van der Waals surface area (Å²) >= 11 is 0. The van der Waals surface area contributed by atoms with Gasteiger partial charge in [0.2, 0.25) is 0 Å². The number of esters is 2. The van der Waals surface area contributed by atoms with Gasteiger partial charge in [-0.3, -0.25) is 9.59 Å². The van der Waals surface area contributed by atoms with Gasteiger partial charge in [0.1, 0.15) is 12.2 Å². The molecule has 2 aliphatic rings. The van der Waals surface area contributed by atoms with Crippen molar-refractivity contribution >= 4 is 11.9 Å². The lowest BCUT2D eigenvalue weighted by molar-refractivity contribution is -0.158. The summed E-state index contributed by atoms with van der Waals surface area (Å²) in [6.07, 6.45) is 9.49. The fourth-order valence-corrected chi connectivity index (χ4v) is 6.36. The molecule has 204 valence electrons. The number of hydrogen-bond donors (Lipinski definition) is 2. The Morgan fingerprint density at radius 2 is 1.09 bits per heavy atom.